The Morgan fingerprint density at radius 1 is 0.817 bits per heavy atom. The van der Waals surface area contributed by atoms with Crippen LogP contribution in [0.15, 0.2) is 70.2 Å². The topological polar surface area (TPSA) is 510 Å². The average molecular weight is 1820 g/mol. The molecule has 0 radical (unpaired) electrons. The van der Waals surface area contributed by atoms with Crippen molar-refractivity contribution in [2.75, 3.05) is 65.1 Å². The molecule has 4 fully saturated rings. The van der Waals surface area contributed by atoms with E-state index in [1.165, 1.54) is 95.5 Å². The zero-order chi connectivity index (χ0) is 93.8. The molecule has 2 aromatic rings. The van der Waals surface area contributed by atoms with Gasteiger partial charge in [-0.3, -0.25) is 67.5 Å². The minimum atomic E-state index is -1.69. The lowest BCUT2D eigenvalue weighted by molar-refractivity contribution is -0.187. The molecule has 0 unspecified atom stereocenters. The fraction of sp³-hybridized carbons (Fsp3) is 0.652. The number of carbonyl (C=O) groups excluding carboxylic acids is 12. The van der Waals surface area contributed by atoms with E-state index in [-0.39, 0.29) is 138 Å². The number of allylic oxidation sites excluding steroid dienone is 3. The molecule has 0 aliphatic carbocycles. The van der Waals surface area contributed by atoms with Crippen LogP contribution in [0.5, 0.6) is 11.5 Å². The van der Waals surface area contributed by atoms with Gasteiger partial charge in [0.25, 0.3) is 0 Å². The summed E-state index contributed by atoms with van der Waals surface area (Å²) < 4.78 is 28.8. The van der Waals surface area contributed by atoms with E-state index in [2.05, 4.69) is 25.9 Å². The number of phenols is 1. The summed E-state index contributed by atoms with van der Waals surface area (Å²) in [7, 11) is 8.24. The Morgan fingerprint density at radius 2 is 1.44 bits per heavy atom. The lowest BCUT2D eigenvalue weighted by Crippen LogP contribution is -2.60. The first-order valence-electron chi connectivity index (χ1n) is 43.1. The molecule has 5 aliphatic heterocycles. The number of aliphatic hydroxyl groups is 1. The van der Waals surface area contributed by atoms with Crippen LogP contribution in [0.1, 0.15) is 197 Å². The molecule has 5 heterocycles. The van der Waals surface area contributed by atoms with Crippen LogP contribution in [0.4, 0.5) is 5.69 Å². The van der Waals surface area contributed by atoms with Crippen LogP contribution < -0.4 is 48.5 Å². The van der Waals surface area contributed by atoms with Crippen molar-refractivity contribution in [3.05, 3.63) is 76.3 Å². The number of likely N-dealkylation sites (tertiary alicyclic amines) is 2. The Hall–Kier alpha value is -9.36. The van der Waals surface area contributed by atoms with Gasteiger partial charge in [0.05, 0.1) is 55.8 Å². The van der Waals surface area contributed by atoms with Gasteiger partial charge < -0.3 is 97.5 Å². The minimum absolute atomic E-state index is 0.0311. The number of benzene rings is 2. The molecule has 16 atom stereocenters. The SMILES string of the molecule is COc1cc2cc(c1Cl)N(C)C(=O)C[C@H](OC(=O)[C@H](C)N(C)C(=O)CCSSC(C)(C)[C@H](NC(C)=O)C(=O)N1CCC[C@H]1C(=O)N[C@@H](CCCN=C(N)N)C(=O)C[C@@H](CCCN=C(N)N)C(=O)N1CCC[C@H]1C(=O)C[C@@H](Cc1ccc(O)cc1)C(=O)N[C@H](C(=O)C[C@@H](CC(C)C)C(=O)O)C(C)(C)C)[C@]1(C)O[C@H]1[C@H](C)[C@@H]1C[C@@](O)(CC(=O)O1)[C@H](OC)/C=C/C=C(\C)C2. The van der Waals surface area contributed by atoms with Crippen LogP contribution in [-0.2, 0) is 94.1 Å². The molecule has 2 aromatic carbocycles. The second-order valence-electron chi connectivity index (χ2n) is 36.2. The molecular formula is C89H132ClN13O21S2. The maximum absolute atomic E-state index is 15.3. The van der Waals surface area contributed by atoms with Crippen molar-refractivity contribution in [1.29, 1.82) is 0 Å². The number of fused-ring (bicyclic) bond motifs is 5. The Morgan fingerprint density at radius 3 is 2.03 bits per heavy atom. The van der Waals surface area contributed by atoms with Crippen molar-refractivity contribution < 1.29 is 101 Å². The molecule has 698 valence electrons. The number of aromatic hydroxyl groups is 1. The first-order valence-corrected chi connectivity index (χ1v) is 45.8. The number of nitrogens with two attached hydrogens (primary N) is 4. The maximum atomic E-state index is 15.3. The van der Waals surface area contributed by atoms with E-state index in [1.807, 2.05) is 26.8 Å². The molecule has 14 N–H and O–H groups in total. The predicted molar refractivity (Wildman–Crippen MR) is 479 cm³/mol. The largest absolute Gasteiger partial charge is 0.508 e. The monoisotopic (exact) mass is 1820 g/mol. The smallest absolute Gasteiger partial charge is 0.328 e. The maximum Gasteiger partial charge on any atom is 0.328 e. The first-order chi connectivity index (χ1) is 59.0. The van der Waals surface area contributed by atoms with Crippen LogP contribution in [-0.4, -0.2) is 255 Å². The highest BCUT2D eigenvalue weighted by atomic mass is 35.5. The summed E-state index contributed by atoms with van der Waals surface area (Å²) in [5.41, 5.74) is 21.3. The normalized spacial score (nSPS) is 23.9. The number of rotatable bonds is 40. The molecule has 126 heavy (non-hydrogen) atoms. The van der Waals surface area contributed by atoms with Crippen molar-refractivity contribution in [2.45, 2.75) is 275 Å². The number of Topliss-reactive ketones (excluding diaryl/α,β-unsaturated/α-hetero) is 3. The molecule has 0 spiro atoms. The van der Waals surface area contributed by atoms with Gasteiger partial charge >= 0.3 is 17.9 Å². The third-order valence-corrected chi connectivity index (χ3v) is 27.9. The second kappa shape index (κ2) is 46.1. The van der Waals surface area contributed by atoms with Gasteiger partial charge in [0.1, 0.15) is 64.2 Å². The van der Waals surface area contributed by atoms with Crippen molar-refractivity contribution in [3.63, 3.8) is 0 Å². The lowest BCUT2D eigenvalue weighted by atomic mass is 9.78. The van der Waals surface area contributed by atoms with Gasteiger partial charge in [-0.25, -0.2) is 4.79 Å². The van der Waals surface area contributed by atoms with Gasteiger partial charge in [-0.15, -0.1) is 0 Å². The summed E-state index contributed by atoms with van der Waals surface area (Å²) in [5, 5.41) is 41.1. The Kier molecular flexibility index (Phi) is 37.9. The zero-order valence-corrected chi connectivity index (χ0v) is 77.9. The van der Waals surface area contributed by atoms with Gasteiger partial charge in [0, 0.05) is 115 Å². The van der Waals surface area contributed by atoms with E-state index in [9.17, 15) is 63.3 Å². The number of methoxy groups -OCH3 is 2. The Bertz CT molecular complexity index is 4380. The minimum Gasteiger partial charge on any atom is -0.508 e. The summed E-state index contributed by atoms with van der Waals surface area (Å²) in [4.78, 5) is 200. The summed E-state index contributed by atoms with van der Waals surface area (Å²) in [6.45, 7) is 20.6. The van der Waals surface area contributed by atoms with Crippen LogP contribution in [0, 0.1) is 35.0 Å². The number of likely N-dealkylation sites (N-methyl/N-ethyl adjacent to an activating group) is 1. The van der Waals surface area contributed by atoms with Crippen molar-refractivity contribution in [2.24, 2.45) is 67.9 Å². The number of guanidine groups is 2. The highest BCUT2D eigenvalue weighted by molar-refractivity contribution is 8.77. The summed E-state index contributed by atoms with van der Waals surface area (Å²) in [6.07, 6.45) is 1.13. The van der Waals surface area contributed by atoms with E-state index in [0.717, 1.165) is 11.1 Å². The molecule has 34 nitrogen and oxygen atoms in total. The number of ether oxygens (including phenoxy) is 5. The van der Waals surface area contributed by atoms with Crippen molar-refractivity contribution >= 4 is 127 Å². The number of anilines is 1. The fourth-order valence-corrected chi connectivity index (χ4v) is 19.9. The lowest BCUT2D eigenvalue weighted by Gasteiger charge is -2.41. The molecule has 4 saturated heterocycles. The molecule has 7 rings (SSSR count). The average Bonchev–Trinajstić information content (AvgIpc) is 1.57. The van der Waals surface area contributed by atoms with E-state index in [1.54, 1.807) is 84.9 Å². The summed E-state index contributed by atoms with van der Waals surface area (Å²) in [6, 6.07) is 2.37. The number of aliphatic imine (C=N–C) groups is 2. The summed E-state index contributed by atoms with van der Waals surface area (Å²) in [5.74, 6) is -12.4. The number of carbonyl (C=O) groups is 13. The number of carboxylic acid groups (broad SMARTS) is 1. The van der Waals surface area contributed by atoms with E-state index < -0.39 is 202 Å². The Balaban J connectivity index is 1.04. The number of hydrogen-bond donors (Lipinski definition) is 10. The highest BCUT2D eigenvalue weighted by Crippen LogP contribution is 2.50. The Labute approximate surface area is 751 Å². The number of hydrogen-bond acceptors (Lipinski definition) is 24. The molecule has 4 bridgehead atoms. The molecule has 0 aromatic heterocycles. The van der Waals surface area contributed by atoms with E-state index in [4.69, 9.17) is 58.2 Å². The van der Waals surface area contributed by atoms with Crippen LogP contribution in [0.3, 0.4) is 0 Å². The first kappa shape index (κ1) is 104. The number of epoxide rings is 1. The number of aliphatic carboxylic acids is 1. The fourth-order valence-electron chi connectivity index (χ4n) is 16.9. The second-order valence-corrected chi connectivity index (χ2v) is 39.6. The van der Waals surface area contributed by atoms with E-state index in [0.29, 0.717) is 36.3 Å². The van der Waals surface area contributed by atoms with Crippen LogP contribution in [0.25, 0.3) is 0 Å². The van der Waals surface area contributed by atoms with Gasteiger partial charge in [0.15, 0.2) is 29.3 Å². The third-order valence-electron chi connectivity index (χ3n) is 24.2. The van der Waals surface area contributed by atoms with Crippen molar-refractivity contribution in [1.82, 2.24) is 30.7 Å². The predicted octanol–water partition coefficient (Wildman–Crippen LogP) is 6.73. The van der Waals surface area contributed by atoms with Gasteiger partial charge in [-0.2, -0.15) is 0 Å². The van der Waals surface area contributed by atoms with Gasteiger partial charge in [0.2, 0.25) is 41.4 Å². The van der Waals surface area contributed by atoms with Gasteiger partial charge in [-0.05, 0) is 152 Å². The molecule has 5 aliphatic rings. The molecule has 7 amide bonds. The summed E-state index contributed by atoms with van der Waals surface area (Å²) >= 11 is 6.91. The van der Waals surface area contributed by atoms with Crippen molar-refractivity contribution in [3.8, 4) is 11.5 Å². The highest BCUT2D eigenvalue weighted by Gasteiger charge is 2.65. The number of nitrogens with zero attached hydrogens (tertiary/aromatic N) is 6. The molecule has 0 saturated carbocycles. The zero-order valence-electron chi connectivity index (χ0n) is 75.5. The molecule has 37 heteroatoms. The number of carboxylic acids is 1. The van der Waals surface area contributed by atoms with Crippen LogP contribution >= 0.6 is 33.2 Å². The number of phenolic OH excluding ortho intramolecular Hbond substituents is 1. The number of nitrogens with one attached hydrogen (secondary N) is 3. The number of amides is 7. The molecular weight excluding hydrogens is 1690 g/mol. The standard InChI is InChI=1S/C89H132ClN13O21S2/c1-49(2)38-58(82(116)117)45-66(108)75(86(7,8)9)99-78(112)57(40-54-28-30-59(105)31-29-54)44-65(107)61-25-20-35-102(61)80(114)56(23-18-33-95-84(91)92)43-64(106)60(24-19-34-96-85(93)94)98-79(113)62-26-21-36-103(62)81(115)76(97-53(6)104)87(10,11)126-125-37-32-71(109)100(13)52(5)83(118)123-70-46-72(110)101(14)63-41-55(42-67(120-15)74(63)90)39-50(3)22-17-27-69(121-16)89(119)47-68(122-73(111)48-89)51(4)77-88(70,12)124-77/h17,22,27-31,41-42,49,51-52,56-58,60-62,68-70,75-77,105,119H,18-21,23-26,32-40,43-48H2,1-16H3,(H,97,104)(H,98,113)(H,99,112)(H,116,117)(H4,91,92,95)(H4,93,94,96)/b27-17+,50-22+/t51-,52+,56-,57-,58-,60+,61+,62+,68+,69-,70+,75-,76-,77+,88+,89-/m1/s1. The number of halogens is 1. The third kappa shape index (κ3) is 28.6. The van der Waals surface area contributed by atoms with Crippen LogP contribution in [0.2, 0.25) is 5.02 Å². The van der Waals surface area contributed by atoms with Gasteiger partial charge in [-0.1, -0.05) is 111 Å². The van der Waals surface area contributed by atoms with E-state index >= 15 is 14.4 Å². The number of esters is 2. The number of ketones is 3. The quantitative estimate of drug-likeness (QED) is 0.00825.